The lowest BCUT2D eigenvalue weighted by Gasteiger charge is -2.09. The van der Waals surface area contributed by atoms with Crippen LogP contribution in [0.5, 0.6) is 0 Å². The highest BCUT2D eigenvalue weighted by Crippen LogP contribution is 2.19. The summed E-state index contributed by atoms with van der Waals surface area (Å²) in [4.78, 5) is 28.4. The minimum atomic E-state index is -0.581. The maximum Gasteiger partial charge on any atom is 0.340 e. The second-order valence-corrected chi connectivity index (χ2v) is 5.63. The number of furan rings is 1. The first-order valence-corrected chi connectivity index (χ1v) is 8.13. The lowest BCUT2D eigenvalue weighted by Crippen LogP contribution is -2.28. The Labute approximate surface area is 150 Å². The van der Waals surface area contributed by atoms with Crippen molar-refractivity contribution >= 4 is 11.9 Å². The van der Waals surface area contributed by atoms with Crippen LogP contribution in [0.1, 0.15) is 21.8 Å². The van der Waals surface area contributed by atoms with Crippen LogP contribution in [-0.4, -0.2) is 23.5 Å². The van der Waals surface area contributed by atoms with E-state index in [4.69, 9.17) is 9.15 Å². The minimum absolute atomic E-state index is 0.246. The van der Waals surface area contributed by atoms with Crippen LogP contribution >= 0.6 is 0 Å². The second kappa shape index (κ2) is 8.11. The third-order valence-corrected chi connectivity index (χ3v) is 3.75. The third kappa shape index (κ3) is 4.36. The smallest absolute Gasteiger partial charge is 0.340 e. The normalized spacial score (nSPS) is 10.3. The van der Waals surface area contributed by atoms with Gasteiger partial charge in [0.05, 0.1) is 29.8 Å². The Bertz CT molecular complexity index is 889. The van der Waals surface area contributed by atoms with Gasteiger partial charge in [0, 0.05) is 5.56 Å². The van der Waals surface area contributed by atoms with Crippen LogP contribution in [0.15, 0.2) is 65.3 Å². The number of benzene rings is 1. The molecule has 2 aromatic heterocycles. The van der Waals surface area contributed by atoms with Gasteiger partial charge in [0.2, 0.25) is 0 Å². The molecule has 0 bridgehead atoms. The highest BCUT2D eigenvalue weighted by atomic mass is 16.5. The molecule has 0 unspecified atom stereocenters. The summed E-state index contributed by atoms with van der Waals surface area (Å²) in [6.45, 7) is 1.62. The average molecular weight is 350 g/mol. The lowest BCUT2D eigenvalue weighted by molar-refractivity contribution is -0.124. The minimum Gasteiger partial charge on any atom is -0.467 e. The molecule has 1 aromatic carbocycles. The first-order chi connectivity index (χ1) is 12.6. The average Bonchev–Trinajstić information content (AvgIpc) is 3.18. The molecule has 1 N–H and O–H groups in total. The van der Waals surface area contributed by atoms with Crippen molar-refractivity contribution in [3.8, 4) is 11.3 Å². The van der Waals surface area contributed by atoms with Crippen molar-refractivity contribution in [3.63, 3.8) is 0 Å². The highest BCUT2D eigenvalue weighted by Gasteiger charge is 2.14. The molecule has 132 valence electrons. The summed E-state index contributed by atoms with van der Waals surface area (Å²) in [5, 5.41) is 2.61. The predicted molar refractivity (Wildman–Crippen MR) is 95.2 cm³/mol. The summed E-state index contributed by atoms with van der Waals surface area (Å²) in [5.41, 5.74) is 2.62. The topological polar surface area (TPSA) is 81.4 Å². The molecule has 3 aromatic rings. The first kappa shape index (κ1) is 17.4. The maximum absolute atomic E-state index is 12.2. The van der Waals surface area contributed by atoms with E-state index in [2.05, 4.69) is 10.3 Å². The van der Waals surface area contributed by atoms with Crippen molar-refractivity contribution in [3.05, 3.63) is 77.9 Å². The third-order valence-electron chi connectivity index (χ3n) is 3.75. The molecule has 3 rings (SSSR count). The largest absolute Gasteiger partial charge is 0.467 e. The van der Waals surface area contributed by atoms with Crippen molar-refractivity contribution < 1.29 is 18.7 Å². The van der Waals surface area contributed by atoms with Crippen molar-refractivity contribution in [2.24, 2.45) is 0 Å². The van der Waals surface area contributed by atoms with Crippen molar-refractivity contribution in [1.29, 1.82) is 0 Å². The van der Waals surface area contributed by atoms with E-state index in [1.54, 1.807) is 31.2 Å². The molecule has 6 nitrogen and oxygen atoms in total. The van der Waals surface area contributed by atoms with Gasteiger partial charge in [0.15, 0.2) is 6.61 Å². The number of aryl methyl sites for hydroxylation is 1. The Kier molecular flexibility index (Phi) is 5.43. The van der Waals surface area contributed by atoms with Crippen molar-refractivity contribution in [2.75, 3.05) is 6.61 Å². The monoisotopic (exact) mass is 350 g/mol. The number of carbonyl (C=O) groups is 2. The standard InChI is InChI=1S/C20H18N2O4/c1-14-17(9-10-18(22-14)15-6-3-2-4-7-15)20(24)26-13-19(23)21-12-16-8-5-11-25-16/h2-11H,12-13H2,1H3,(H,21,23). The fourth-order valence-corrected chi connectivity index (χ4v) is 2.41. The summed E-state index contributed by atoms with van der Waals surface area (Å²) in [6.07, 6.45) is 1.52. The molecule has 0 radical (unpaired) electrons. The van der Waals surface area contributed by atoms with E-state index >= 15 is 0 Å². The molecule has 26 heavy (non-hydrogen) atoms. The number of esters is 1. The summed E-state index contributed by atoms with van der Waals surface area (Å²) in [6, 6.07) is 16.6. The maximum atomic E-state index is 12.2. The quantitative estimate of drug-likeness (QED) is 0.691. The van der Waals surface area contributed by atoms with Crippen LogP contribution < -0.4 is 5.32 Å². The van der Waals surface area contributed by atoms with E-state index < -0.39 is 11.9 Å². The van der Waals surface area contributed by atoms with Gasteiger partial charge >= 0.3 is 5.97 Å². The zero-order valence-corrected chi connectivity index (χ0v) is 14.3. The van der Waals surface area contributed by atoms with Crippen LogP contribution in [0.25, 0.3) is 11.3 Å². The van der Waals surface area contributed by atoms with Gasteiger partial charge < -0.3 is 14.5 Å². The molecule has 6 heteroatoms. The molecule has 0 saturated heterocycles. The Hall–Kier alpha value is -3.41. The summed E-state index contributed by atoms with van der Waals surface area (Å²) in [5.74, 6) is -0.356. The summed E-state index contributed by atoms with van der Waals surface area (Å²) < 4.78 is 10.2. The van der Waals surface area contributed by atoms with Crippen LogP contribution in [0.3, 0.4) is 0 Å². The van der Waals surface area contributed by atoms with E-state index in [-0.39, 0.29) is 13.2 Å². The molecule has 0 fully saturated rings. The zero-order chi connectivity index (χ0) is 18.4. The number of ether oxygens (including phenoxy) is 1. The summed E-state index contributed by atoms with van der Waals surface area (Å²) >= 11 is 0. The van der Waals surface area contributed by atoms with Crippen LogP contribution in [-0.2, 0) is 16.1 Å². The van der Waals surface area contributed by atoms with Crippen molar-refractivity contribution in [1.82, 2.24) is 10.3 Å². The van der Waals surface area contributed by atoms with Gasteiger partial charge in [-0.1, -0.05) is 30.3 Å². The molecular weight excluding hydrogens is 332 g/mol. The van der Waals surface area contributed by atoms with Crippen LogP contribution in [0, 0.1) is 6.92 Å². The number of carbonyl (C=O) groups excluding carboxylic acids is 2. The number of hydrogen-bond acceptors (Lipinski definition) is 5. The zero-order valence-electron chi connectivity index (χ0n) is 14.3. The van der Waals surface area contributed by atoms with Gasteiger partial charge in [-0.3, -0.25) is 9.78 Å². The fourth-order valence-electron chi connectivity index (χ4n) is 2.41. The Morgan fingerprint density at radius 3 is 2.58 bits per heavy atom. The Balaban J connectivity index is 1.56. The van der Waals surface area contributed by atoms with E-state index in [9.17, 15) is 9.59 Å². The van der Waals surface area contributed by atoms with Crippen molar-refractivity contribution in [2.45, 2.75) is 13.5 Å². The molecule has 0 saturated carbocycles. The SMILES string of the molecule is Cc1nc(-c2ccccc2)ccc1C(=O)OCC(=O)NCc1ccco1. The van der Waals surface area contributed by atoms with E-state index in [0.29, 0.717) is 17.0 Å². The molecule has 0 spiro atoms. The number of pyridine rings is 1. The number of rotatable bonds is 6. The lowest BCUT2D eigenvalue weighted by atomic mass is 10.1. The molecule has 2 heterocycles. The number of nitrogens with zero attached hydrogens (tertiary/aromatic N) is 1. The van der Waals surface area contributed by atoms with Gasteiger partial charge in [-0.05, 0) is 31.2 Å². The Morgan fingerprint density at radius 1 is 1.08 bits per heavy atom. The van der Waals surface area contributed by atoms with E-state index in [1.807, 2.05) is 30.3 Å². The highest BCUT2D eigenvalue weighted by molar-refractivity contribution is 5.92. The van der Waals surface area contributed by atoms with Crippen LogP contribution in [0.2, 0.25) is 0 Å². The van der Waals surface area contributed by atoms with Gasteiger partial charge in [0.25, 0.3) is 5.91 Å². The molecular formula is C20H18N2O4. The summed E-state index contributed by atoms with van der Waals surface area (Å²) in [7, 11) is 0. The second-order valence-electron chi connectivity index (χ2n) is 5.63. The molecule has 1 amide bonds. The number of hydrogen-bond donors (Lipinski definition) is 1. The van der Waals surface area contributed by atoms with E-state index in [0.717, 1.165) is 11.3 Å². The first-order valence-electron chi connectivity index (χ1n) is 8.13. The van der Waals surface area contributed by atoms with Gasteiger partial charge in [-0.2, -0.15) is 0 Å². The Morgan fingerprint density at radius 2 is 1.88 bits per heavy atom. The molecule has 0 aliphatic carbocycles. The molecule has 0 aliphatic heterocycles. The number of amides is 1. The molecule has 0 atom stereocenters. The predicted octanol–water partition coefficient (Wildman–Crippen LogP) is 3.12. The van der Waals surface area contributed by atoms with Gasteiger partial charge in [-0.25, -0.2) is 4.79 Å². The fraction of sp³-hybridized carbons (Fsp3) is 0.150. The molecule has 0 aliphatic rings. The number of aromatic nitrogens is 1. The van der Waals surface area contributed by atoms with Crippen LogP contribution in [0.4, 0.5) is 0 Å². The number of nitrogens with one attached hydrogen (secondary N) is 1. The van der Waals surface area contributed by atoms with Gasteiger partial charge in [-0.15, -0.1) is 0 Å². The van der Waals surface area contributed by atoms with E-state index in [1.165, 1.54) is 6.26 Å². The van der Waals surface area contributed by atoms with Gasteiger partial charge in [0.1, 0.15) is 5.76 Å².